The van der Waals surface area contributed by atoms with Gasteiger partial charge in [-0.2, -0.15) is 5.10 Å². The Balaban J connectivity index is 2.06. The lowest BCUT2D eigenvalue weighted by atomic mass is 10.1. The Bertz CT molecular complexity index is 1300. The molecule has 0 saturated heterocycles. The summed E-state index contributed by atoms with van der Waals surface area (Å²) in [5.74, 6) is -1.55. The standard InChI is InChI=1S/C23H24N4O7/c1-12-7-19(20(28)11-25-15(4)21(27(31)32)13(2)24-25)14(3)26(12)18-9-16(22(29)33-5)8-17(10-18)23(30)34-6/h7-10H,11H2,1-6H3. The molecule has 0 saturated carbocycles. The number of carbonyl (C=O) groups is 3. The van der Waals surface area contributed by atoms with Crippen molar-refractivity contribution >= 4 is 23.4 Å². The monoisotopic (exact) mass is 468 g/mol. The molecule has 2 heterocycles. The van der Waals surface area contributed by atoms with Gasteiger partial charge >= 0.3 is 17.6 Å². The minimum absolute atomic E-state index is 0.117. The highest BCUT2D eigenvalue weighted by Gasteiger charge is 2.25. The lowest BCUT2D eigenvalue weighted by Gasteiger charge is -2.13. The molecule has 11 nitrogen and oxygen atoms in total. The Hall–Kier alpha value is -4.28. The van der Waals surface area contributed by atoms with Crippen molar-refractivity contribution in [2.75, 3.05) is 14.2 Å². The lowest BCUT2D eigenvalue weighted by molar-refractivity contribution is -0.386. The van der Waals surface area contributed by atoms with E-state index in [9.17, 15) is 24.5 Å². The van der Waals surface area contributed by atoms with Gasteiger partial charge in [0.15, 0.2) is 5.78 Å². The summed E-state index contributed by atoms with van der Waals surface area (Å²) in [5, 5.41) is 15.4. The number of hydrogen-bond acceptors (Lipinski definition) is 8. The van der Waals surface area contributed by atoms with Crippen molar-refractivity contribution in [3.63, 3.8) is 0 Å². The summed E-state index contributed by atoms with van der Waals surface area (Å²) in [6.07, 6.45) is 0. The maximum Gasteiger partial charge on any atom is 0.337 e. The fraction of sp³-hybridized carbons (Fsp3) is 0.304. The van der Waals surface area contributed by atoms with E-state index in [0.717, 1.165) is 0 Å². The van der Waals surface area contributed by atoms with Crippen molar-refractivity contribution in [3.05, 3.63) is 73.8 Å². The zero-order valence-corrected chi connectivity index (χ0v) is 19.7. The fourth-order valence-corrected chi connectivity index (χ4v) is 3.98. The number of Topliss-reactive ketones (excluding diaryl/α,β-unsaturated/α-hetero) is 1. The zero-order chi connectivity index (χ0) is 25.3. The van der Waals surface area contributed by atoms with E-state index in [4.69, 9.17) is 9.47 Å². The van der Waals surface area contributed by atoms with Crippen LogP contribution in [0.1, 0.15) is 53.8 Å². The van der Waals surface area contributed by atoms with Crippen LogP contribution in [-0.4, -0.2) is 51.2 Å². The van der Waals surface area contributed by atoms with Gasteiger partial charge in [0.2, 0.25) is 0 Å². The number of aromatic nitrogens is 3. The first-order valence-corrected chi connectivity index (χ1v) is 10.2. The third-order valence-corrected chi connectivity index (χ3v) is 5.57. The first kappa shape index (κ1) is 24.4. The second kappa shape index (κ2) is 9.30. The molecule has 0 aliphatic heterocycles. The minimum Gasteiger partial charge on any atom is -0.465 e. The molecule has 0 unspecified atom stereocenters. The van der Waals surface area contributed by atoms with E-state index in [-0.39, 0.29) is 40.5 Å². The minimum atomic E-state index is -0.628. The van der Waals surface area contributed by atoms with Crippen molar-refractivity contribution in [1.82, 2.24) is 14.3 Å². The van der Waals surface area contributed by atoms with Crippen LogP contribution in [0.15, 0.2) is 24.3 Å². The number of esters is 2. The molecule has 0 N–H and O–H groups in total. The number of ketones is 1. The van der Waals surface area contributed by atoms with E-state index < -0.39 is 16.9 Å². The average Bonchev–Trinajstić information content (AvgIpc) is 3.25. The molecule has 0 bridgehead atoms. The Morgan fingerprint density at radius 2 is 1.50 bits per heavy atom. The molecule has 2 aromatic heterocycles. The Morgan fingerprint density at radius 1 is 0.941 bits per heavy atom. The second-order valence-corrected chi connectivity index (χ2v) is 7.73. The summed E-state index contributed by atoms with van der Waals surface area (Å²) in [5.41, 5.74) is 2.80. The van der Waals surface area contributed by atoms with Crippen LogP contribution in [0.25, 0.3) is 5.69 Å². The summed E-state index contributed by atoms with van der Waals surface area (Å²) in [4.78, 5) is 48.2. The third kappa shape index (κ3) is 4.32. The van der Waals surface area contributed by atoms with Crippen molar-refractivity contribution in [2.45, 2.75) is 34.2 Å². The first-order valence-electron chi connectivity index (χ1n) is 10.2. The van der Waals surface area contributed by atoms with Gasteiger partial charge in [0.25, 0.3) is 0 Å². The van der Waals surface area contributed by atoms with Crippen LogP contribution < -0.4 is 0 Å². The van der Waals surface area contributed by atoms with Crippen LogP contribution in [-0.2, 0) is 16.0 Å². The van der Waals surface area contributed by atoms with Gasteiger partial charge in [-0.05, 0) is 52.0 Å². The van der Waals surface area contributed by atoms with E-state index in [1.807, 2.05) is 0 Å². The lowest BCUT2D eigenvalue weighted by Crippen LogP contribution is -2.14. The van der Waals surface area contributed by atoms with Gasteiger partial charge in [-0.15, -0.1) is 0 Å². The molecule has 3 rings (SSSR count). The summed E-state index contributed by atoms with van der Waals surface area (Å²) in [6.45, 7) is 6.39. The molecule has 0 fully saturated rings. The van der Waals surface area contributed by atoms with Crippen molar-refractivity contribution in [2.24, 2.45) is 0 Å². The average molecular weight is 468 g/mol. The van der Waals surface area contributed by atoms with Crippen LogP contribution in [0.4, 0.5) is 5.69 Å². The van der Waals surface area contributed by atoms with Crippen molar-refractivity contribution in [1.29, 1.82) is 0 Å². The number of methoxy groups -OCH3 is 2. The normalized spacial score (nSPS) is 10.8. The van der Waals surface area contributed by atoms with Gasteiger partial charge in [-0.25, -0.2) is 9.59 Å². The molecule has 0 aliphatic carbocycles. The smallest absolute Gasteiger partial charge is 0.337 e. The first-order chi connectivity index (χ1) is 16.0. The highest BCUT2D eigenvalue weighted by molar-refractivity contribution is 5.98. The Morgan fingerprint density at radius 3 is 1.97 bits per heavy atom. The zero-order valence-electron chi connectivity index (χ0n) is 19.7. The van der Waals surface area contributed by atoms with E-state index in [0.29, 0.717) is 22.6 Å². The number of rotatable bonds is 7. The van der Waals surface area contributed by atoms with E-state index in [2.05, 4.69) is 5.10 Å². The number of hydrogen-bond donors (Lipinski definition) is 0. The summed E-state index contributed by atoms with van der Waals surface area (Å²) in [6, 6.07) is 6.16. The Kier molecular flexibility index (Phi) is 6.66. The van der Waals surface area contributed by atoms with Gasteiger partial charge in [0.1, 0.15) is 17.9 Å². The number of aryl methyl sites for hydroxylation is 2. The predicted molar refractivity (Wildman–Crippen MR) is 121 cm³/mol. The molecule has 34 heavy (non-hydrogen) atoms. The van der Waals surface area contributed by atoms with E-state index in [1.165, 1.54) is 31.9 Å². The van der Waals surface area contributed by atoms with Crippen LogP contribution in [0.5, 0.6) is 0 Å². The predicted octanol–water partition coefficient (Wildman–Crippen LogP) is 3.27. The molecule has 3 aromatic rings. The van der Waals surface area contributed by atoms with Crippen molar-refractivity contribution in [3.8, 4) is 5.69 Å². The summed E-state index contributed by atoms with van der Waals surface area (Å²) in [7, 11) is 2.47. The van der Waals surface area contributed by atoms with Crippen LogP contribution in [0.2, 0.25) is 0 Å². The molecule has 11 heteroatoms. The largest absolute Gasteiger partial charge is 0.465 e. The number of nitrogens with zero attached hydrogens (tertiary/aromatic N) is 4. The molecule has 0 spiro atoms. The third-order valence-electron chi connectivity index (χ3n) is 5.57. The molecule has 178 valence electrons. The number of nitro groups is 1. The molecule has 1 aromatic carbocycles. The quantitative estimate of drug-likeness (QED) is 0.223. The summed E-state index contributed by atoms with van der Waals surface area (Å²) < 4.78 is 12.6. The van der Waals surface area contributed by atoms with Gasteiger partial charge in [-0.3, -0.25) is 19.6 Å². The summed E-state index contributed by atoms with van der Waals surface area (Å²) >= 11 is 0. The topological polar surface area (TPSA) is 136 Å². The van der Waals surface area contributed by atoms with Gasteiger partial charge in [0, 0.05) is 22.6 Å². The Labute approximate surface area is 195 Å². The fourth-order valence-electron chi connectivity index (χ4n) is 3.98. The van der Waals surface area contributed by atoms with Crippen LogP contribution in [0, 0.1) is 37.8 Å². The number of carbonyl (C=O) groups excluding carboxylic acids is 3. The van der Waals surface area contributed by atoms with E-state index in [1.54, 1.807) is 43.5 Å². The molecular weight excluding hydrogens is 444 g/mol. The maximum atomic E-state index is 13.1. The second-order valence-electron chi connectivity index (χ2n) is 7.73. The van der Waals surface area contributed by atoms with E-state index >= 15 is 0 Å². The molecule has 0 atom stereocenters. The molecule has 0 aliphatic rings. The molecular formula is C23H24N4O7. The van der Waals surface area contributed by atoms with Crippen LogP contribution in [0.3, 0.4) is 0 Å². The SMILES string of the molecule is COC(=O)c1cc(C(=O)OC)cc(-n2c(C)cc(C(=O)Cn3nc(C)c([N+](=O)[O-])c3C)c2C)c1. The number of benzene rings is 1. The maximum absolute atomic E-state index is 13.1. The van der Waals surface area contributed by atoms with Gasteiger partial charge in [0.05, 0.1) is 30.3 Å². The molecule has 0 amide bonds. The molecule has 0 radical (unpaired) electrons. The highest BCUT2D eigenvalue weighted by Crippen LogP contribution is 2.26. The van der Waals surface area contributed by atoms with Gasteiger partial charge < -0.3 is 14.0 Å². The number of ether oxygens (including phenoxy) is 2. The van der Waals surface area contributed by atoms with Gasteiger partial charge in [-0.1, -0.05) is 0 Å². The van der Waals surface area contributed by atoms with Crippen molar-refractivity contribution < 1.29 is 28.8 Å². The highest BCUT2D eigenvalue weighted by atomic mass is 16.6. The van der Waals surface area contributed by atoms with Crippen LogP contribution >= 0.6 is 0 Å².